The average Bonchev–Trinajstić information content (AvgIpc) is 2.40. The van der Waals surface area contributed by atoms with Gasteiger partial charge in [0, 0.05) is 0 Å². The Morgan fingerprint density at radius 2 is 1.00 bits per heavy atom. The first-order valence-electron chi connectivity index (χ1n) is 6.37. The summed E-state index contributed by atoms with van der Waals surface area (Å²) < 4.78 is 0. The van der Waals surface area contributed by atoms with E-state index in [9.17, 15) is 0 Å². The lowest BCUT2D eigenvalue weighted by Gasteiger charge is -2.18. The van der Waals surface area contributed by atoms with Crippen LogP contribution in [0.15, 0.2) is 60.7 Å². The summed E-state index contributed by atoms with van der Waals surface area (Å²) in [5.41, 5.74) is 2.88. The van der Waals surface area contributed by atoms with Crippen LogP contribution in [0, 0.1) is 0 Å². The van der Waals surface area contributed by atoms with Crippen molar-refractivity contribution in [3.05, 3.63) is 71.8 Å². The molecule has 88 valence electrons. The highest BCUT2D eigenvalue weighted by molar-refractivity contribution is 5.22. The van der Waals surface area contributed by atoms with Gasteiger partial charge in [0.15, 0.2) is 0 Å². The van der Waals surface area contributed by atoms with Gasteiger partial charge in [0.25, 0.3) is 0 Å². The quantitative estimate of drug-likeness (QED) is 0.686. The van der Waals surface area contributed by atoms with Crippen molar-refractivity contribution in [3.8, 4) is 0 Å². The molecule has 0 aliphatic carbocycles. The predicted octanol–water partition coefficient (Wildman–Crippen LogP) is 4.98. The Bertz CT molecular complexity index is 387. The van der Waals surface area contributed by atoms with Crippen LogP contribution in [0.3, 0.4) is 0 Å². The van der Waals surface area contributed by atoms with Gasteiger partial charge >= 0.3 is 0 Å². The maximum atomic E-state index is 2.31. The summed E-state index contributed by atoms with van der Waals surface area (Å²) >= 11 is 0. The Kier molecular flexibility index (Phi) is 3.98. The predicted molar refractivity (Wildman–Crippen MR) is 74.3 cm³/mol. The highest BCUT2D eigenvalue weighted by Gasteiger charge is 2.11. The van der Waals surface area contributed by atoms with E-state index in [-0.39, 0.29) is 0 Å². The van der Waals surface area contributed by atoms with Crippen molar-refractivity contribution in [2.24, 2.45) is 0 Å². The molecule has 0 saturated carbocycles. The van der Waals surface area contributed by atoms with E-state index in [0.29, 0.717) is 11.8 Å². The Hall–Kier alpha value is -1.56. The zero-order valence-electron chi connectivity index (χ0n) is 10.6. The highest BCUT2D eigenvalue weighted by Crippen LogP contribution is 2.28. The van der Waals surface area contributed by atoms with Gasteiger partial charge in [-0.25, -0.2) is 0 Å². The maximum Gasteiger partial charge on any atom is -0.0185 e. The molecule has 0 nitrogen and oxygen atoms in total. The molecule has 0 saturated heterocycles. The molecule has 0 aliphatic heterocycles. The lowest BCUT2D eigenvalue weighted by molar-refractivity contribution is 0.593. The summed E-state index contributed by atoms with van der Waals surface area (Å²) in [6, 6.07) is 21.6. The minimum Gasteiger partial charge on any atom is -0.0622 e. The third-order valence-electron chi connectivity index (χ3n) is 3.44. The molecule has 0 heteroatoms. The normalized spacial score (nSPS) is 14.2. The van der Waals surface area contributed by atoms with E-state index >= 15 is 0 Å². The van der Waals surface area contributed by atoms with Crippen LogP contribution in [0.25, 0.3) is 0 Å². The third-order valence-corrected chi connectivity index (χ3v) is 3.44. The fourth-order valence-electron chi connectivity index (χ4n) is 2.37. The molecule has 0 amide bonds. The second-order valence-electron chi connectivity index (χ2n) is 4.86. The second kappa shape index (κ2) is 5.67. The molecule has 1 unspecified atom stereocenters. The number of hydrogen-bond donors (Lipinski definition) is 0. The van der Waals surface area contributed by atoms with E-state index in [2.05, 4.69) is 74.5 Å². The van der Waals surface area contributed by atoms with Crippen LogP contribution in [-0.2, 0) is 0 Å². The lowest BCUT2D eigenvalue weighted by Crippen LogP contribution is -2.00. The molecule has 0 N–H and O–H groups in total. The van der Waals surface area contributed by atoms with Gasteiger partial charge in [-0.2, -0.15) is 0 Å². The minimum absolute atomic E-state index is 0.617. The molecule has 17 heavy (non-hydrogen) atoms. The van der Waals surface area contributed by atoms with Crippen molar-refractivity contribution in [1.29, 1.82) is 0 Å². The van der Waals surface area contributed by atoms with Crippen LogP contribution < -0.4 is 0 Å². The molecule has 2 aromatic carbocycles. The van der Waals surface area contributed by atoms with Crippen molar-refractivity contribution in [2.75, 3.05) is 0 Å². The Balaban J connectivity index is 2.02. The van der Waals surface area contributed by atoms with Gasteiger partial charge in [-0.15, -0.1) is 0 Å². The standard InChI is InChI=1S/C17H20/c1-14(16-9-5-3-6-10-16)13-15(2)17-11-7-4-8-12-17/h3-12,14-15H,13H2,1-2H3/t14-,15?/m0/s1. The Labute approximate surface area is 104 Å². The van der Waals surface area contributed by atoms with E-state index in [1.54, 1.807) is 0 Å². The Morgan fingerprint density at radius 1 is 0.647 bits per heavy atom. The van der Waals surface area contributed by atoms with E-state index < -0.39 is 0 Å². The van der Waals surface area contributed by atoms with Crippen LogP contribution in [0.5, 0.6) is 0 Å². The van der Waals surface area contributed by atoms with Gasteiger partial charge in [0.2, 0.25) is 0 Å². The van der Waals surface area contributed by atoms with Crippen molar-refractivity contribution < 1.29 is 0 Å². The fourth-order valence-corrected chi connectivity index (χ4v) is 2.37. The highest BCUT2D eigenvalue weighted by atomic mass is 14.2. The average molecular weight is 224 g/mol. The summed E-state index contributed by atoms with van der Waals surface area (Å²) in [7, 11) is 0. The minimum atomic E-state index is 0.617. The molecule has 0 spiro atoms. The van der Waals surface area contributed by atoms with E-state index in [0.717, 1.165) is 0 Å². The van der Waals surface area contributed by atoms with Crippen molar-refractivity contribution in [2.45, 2.75) is 32.1 Å². The van der Waals surface area contributed by atoms with Gasteiger partial charge in [-0.3, -0.25) is 0 Å². The monoisotopic (exact) mass is 224 g/mol. The molecule has 0 aromatic heterocycles. The smallest absolute Gasteiger partial charge is 0.0185 e. The Morgan fingerprint density at radius 3 is 1.35 bits per heavy atom. The van der Waals surface area contributed by atoms with Crippen LogP contribution in [0.1, 0.15) is 43.2 Å². The first-order chi connectivity index (χ1) is 8.27. The van der Waals surface area contributed by atoms with Gasteiger partial charge in [0.1, 0.15) is 0 Å². The molecule has 0 bridgehead atoms. The van der Waals surface area contributed by atoms with Crippen molar-refractivity contribution in [1.82, 2.24) is 0 Å². The summed E-state index contributed by atoms with van der Waals surface area (Å²) in [6.45, 7) is 4.63. The number of hydrogen-bond acceptors (Lipinski definition) is 0. The zero-order chi connectivity index (χ0) is 12.1. The molecular weight excluding hydrogens is 204 g/mol. The van der Waals surface area contributed by atoms with E-state index in [1.165, 1.54) is 17.5 Å². The molecule has 0 heterocycles. The molecule has 2 aromatic rings. The first-order valence-corrected chi connectivity index (χ1v) is 6.37. The molecule has 2 atom stereocenters. The summed E-state index contributed by atoms with van der Waals surface area (Å²) in [6.07, 6.45) is 1.20. The van der Waals surface area contributed by atoms with Crippen LogP contribution in [0.2, 0.25) is 0 Å². The molecule has 2 rings (SSSR count). The topological polar surface area (TPSA) is 0 Å². The van der Waals surface area contributed by atoms with Crippen LogP contribution in [0.4, 0.5) is 0 Å². The van der Waals surface area contributed by atoms with Gasteiger partial charge < -0.3 is 0 Å². The largest absolute Gasteiger partial charge is 0.0622 e. The van der Waals surface area contributed by atoms with Gasteiger partial charge in [-0.1, -0.05) is 74.5 Å². The van der Waals surface area contributed by atoms with Crippen LogP contribution in [-0.4, -0.2) is 0 Å². The fraction of sp³-hybridized carbons (Fsp3) is 0.294. The molecule has 0 fully saturated rings. The lowest BCUT2D eigenvalue weighted by atomic mass is 9.87. The zero-order valence-corrected chi connectivity index (χ0v) is 10.6. The first kappa shape index (κ1) is 11.9. The summed E-state index contributed by atoms with van der Waals surface area (Å²) in [5.74, 6) is 1.23. The molecule has 0 radical (unpaired) electrons. The van der Waals surface area contributed by atoms with Crippen molar-refractivity contribution in [3.63, 3.8) is 0 Å². The number of rotatable bonds is 4. The van der Waals surface area contributed by atoms with E-state index in [4.69, 9.17) is 0 Å². The molecule has 0 aliphatic rings. The summed E-state index contributed by atoms with van der Waals surface area (Å²) in [5, 5.41) is 0. The van der Waals surface area contributed by atoms with Gasteiger partial charge in [0.05, 0.1) is 0 Å². The van der Waals surface area contributed by atoms with Crippen LogP contribution >= 0.6 is 0 Å². The van der Waals surface area contributed by atoms with E-state index in [1.807, 2.05) is 0 Å². The second-order valence-corrected chi connectivity index (χ2v) is 4.86. The number of benzene rings is 2. The SMILES string of the molecule is CC(C[C@H](C)c1ccccc1)c1ccccc1. The molecular formula is C17H20. The summed E-state index contributed by atoms with van der Waals surface area (Å²) in [4.78, 5) is 0. The van der Waals surface area contributed by atoms with Gasteiger partial charge in [-0.05, 0) is 29.4 Å². The maximum absolute atomic E-state index is 2.31. The van der Waals surface area contributed by atoms with Crippen molar-refractivity contribution >= 4 is 0 Å². The third kappa shape index (κ3) is 3.20.